The van der Waals surface area contributed by atoms with Crippen LogP contribution < -0.4 is 0 Å². The molecule has 0 amide bonds. The lowest BCUT2D eigenvalue weighted by atomic mass is 10.2. The van der Waals surface area contributed by atoms with Crippen LogP contribution in [0.1, 0.15) is 11.4 Å². The van der Waals surface area contributed by atoms with Crippen molar-refractivity contribution in [2.24, 2.45) is 0 Å². The van der Waals surface area contributed by atoms with E-state index in [9.17, 15) is 0 Å². The number of hydrogen-bond donors (Lipinski definition) is 0. The van der Waals surface area contributed by atoms with Crippen LogP contribution >= 0.6 is 39.1 Å². The molecule has 0 saturated heterocycles. The van der Waals surface area contributed by atoms with E-state index in [4.69, 9.17) is 28.2 Å². The summed E-state index contributed by atoms with van der Waals surface area (Å²) in [6.07, 6.45) is 0.711. The van der Waals surface area contributed by atoms with Gasteiger partial charge in [0, 0.05) is 22.5 Å². The van der Waals surface area contributed by atoms with Crippen LogP contribution in [0.15, 0.2) is 40.9 Å². The maximum absolute atomic E-state index is 6.23. The van der Waals surface area contributed by atoms with Gasteiger partial charge in [-0.1, -0.05) is 17.7 Å². The highest BCUT2D eigenvalue weighted by molar-refractivity contribution is 9.10. The first-order chi connectivity index (χ1) is 10.1. The Balaban J connectivity index is 2.27. The SMILES string of the molecule is Cc1ccc2c(c1)nc(CCCl)n2-c1ccc(Br)c(Cl)c1. The second kappa shape index (κ2) is 5.99. The van der Waals surface area contributed by atoms with Crippen LogP contribution in [0.3, 0.4) is 0 Å². The molecule has 0 spiro atoms. The third kappa shape index (κ3) is 2.83. The molecule has 0 bridgehead atoms. The monoisotopic (exact) mass is 382 g/mol. The fourth-order valence-corrected chi connectivity index (χ4v) is 3.00. The number of alkyl halides is 1. The van der Waals surface area contributed by atoms with Crippen LogP contribution in [0.5, 0.6) is 0 Å². The molecule has 0 N–H and O–H groups in total. The highest BCUT2D eigenvalue weighted by Gasteiger charge is 2.13. The lowest BCUT2D eigenvalue weighted by molar-refractivity contribution is 0.912. The molecular formula is C16H13BrCl2N2. The molecule has 1 aromatic heterocycles. The number of benzene rings is 2. The minimum Gasteiger partial charge on any atom is -0.296 e. The molecule has 2 nitrogen and oxygen atoms in total. The number of aromatic nitrogens is 2. The van der Waals surface area contributed by atoms with Crippen LogP contribution in [-0.4, -0.2) is 15.4 Å². The maximum Gasteiger partial charge on any atom is 0.115 e. The molecule has 0 aliphatic carbocycles. The first-order valence-corrected chi connectivity index (χ1v) is 8.30. The zero-order valence-corrected chi connectivity index (χ0v) is 14.5. The quantitative estimate of drug-likeness (QED) is 0.543. The first-order valence-electron chi connectivity index (χ1n) is 6.59. The average Bonchev–Trinajstić information content (AvgIpc) is 2.79. The van der Waals surface area contributed by atoms with Gasteiger partial charge >= 0.3 is 0 Å². The topological polar surface area (TPSA) is 17.8 Å². The van der Waals surface area contributed by atoms with Crippen molar-refractivity contribution in [2.45, 2.75) is 13.3 Å². The van der Waals surface area contributed by atoms with Gasteiger partial charge in [0.15, 0.2) is 0 Å². The summed E-state index contributed by atoms with van der Waals surface area (Å²) in [6, 6.07) is 12.2. The molecule has 3 rings (SSSR count). The van der Waals surface area contributed by atoms with Crippen LogP contribution in [-0.2, 0) is 6.42 Å². The minimum atomic E-state index is 0.534. The Labute approximate surface area is 141 Å². The molecule has 0 saturated carbocycles. The largest absolute Gasteiger partial charge is 0.296 e. The Hall–Kier alpha value is -1.03. The lowest BCUT2D eigenvalue weighted by Crippen LogP contribution is -2.02. The van der Waals surface area contributed by atoms with Gasteiger partial charge in [-0.25, -0.2) is 4.98 Å². The third-order valence-corrected chi connectivity index (χ3v) is 4.78. The number of aryl methyl sites for hydroxylation is 2. The Morgan fingerprint density at radius 2 is 2.00 bits per heavy atom. The summed E-state index contributed by atoms with van der Waals surface area (Å²) >= 11 is 15.6. The van der Waals surface area contributed by atoms with E-state index in [1.54, 1.807) is 0 Å². The van der Waals surface area contributed by atoms with Crippen LogP contribution in [0.25, 0.3) is 16.7 Å². The Kier molecular flexibility index (Phi) is 4.25. The summed E-state index contributed by atoms with van der Waals surface area (Å²) in [5, 5.41) is 0.679. The normalized spacial score (nSPS) is 11.2. The zero-order valence-electron chi connectivity index (χ0n) is 11.4. The lowest BCUT2D eigenvalue weighted by Gasteiger charge is -2.10. The van der Waals surface area contributed by atoms with Crippen molar-refractivity contribution in [3.63, 3.8) is 0 Å². The molecule has 0 atom stereocenters. The predicted molar refractivity (Wildman–Crippen MR) is 92.9 cm³/mol. The molecule has 2 aromatic carbocycles. The standard InChI is InChI=1S/C16H13BrCl2N2/c1-10-2-5-15-14(8-10)20-16(6-7-18)21(15)11-3-4-12(17)13(19)9-11/h2-5,8-9H,6-7H2,1H3. The zero-order chi connectivity index (χ0) is 15.0. The van der Waals surface area contributed by atoms with Crippen molar-refractivity contribution < 1.29 is 0 Å². The molecule has 3 aromatic rings. The third-order valence-electron chi connectivity index (χ3n) is 3.36. The second-order valence-electron chi connectivity index (χ2n) is 4.89. The van der Waals surface area contributed by atoms with Crippen LogP contribution in [0.2, 0.25) is 5.02 Å². The Bertz CT molecular complexity index is 811. The predicted octanol–water partition coefficient (Wildman–Crippen LogP) is 5.53. The van der Waals surface area contributed by atoms with Gasteiger partial charge in [0.1, 0.15) is 5.82 Å². The minimum absolute atomic E-state index is 0.534. The van der Waals surface area contributed by atoms with E-state index >= 15 is 0 Å². The number of rotatable bonds is 3. The van der Waals surface area contributed by atoms with Gasteiger partial charge in [-0.2, -0.15) is 0 Å². The Morgan fingerprint density at radius 1 is 1.19 bits per heavy atom. The van der Waals surface area contributed by atoms with E-state index in [1.165, 1.54) is 5.56 Å². The van der Waals surface area contributed by atoms with Crippen LogP contribution in [0.4, 0.5) is 0 Å². The second-order valence-corrected chi connectivity index (χ2v) is 6.53. The van der Waals surface area contributed by atoms with E-state index in [0.29, 0.717) is 17.3 Å². The average molecular weight is 384 g/mol. The molecule has 0 unspecified atom stereocenters. The summed E-state index contributed by atoms with van der Waals surface area (Å²) in [4.78, 5) is 4.72. The Morgan fingerprint density at radius 3 is 2.71 bits per heavy atom. The molecule has 0 fully saturated rings. The van der Waals surface area contributed by atoms with Crippen molar-refractivity contribution in [3.8, 4) is 5.69 Å². The van der Waals surface area contributed by atoms with Crippen molar-refractivity contribution >= 4 is 50.2 Å². The number of nitrogens with zero attached hydrogens (tertiary/aromatic N) is 2. The summed E-state index contributed by atoms with van der Waals surface area (Å²) in [7, 11) is 0. The molecule has 0 aliphatic rings. The van der Waals surface area contributed by atoms with Gasteiger partial charge < -0.3 is 0 Å². The van der Waals surface area contributed by atoms with E-state index in [1.807, 2.05) is 18.2 Å². The highest BCUT2D eigenvalue weighted by atomic mass is 79.9. The van der Waals surface area contributed by atoms with Crippen molar-refractivity contribution in [1.82, 2.24) is 9.55 Å². The number of imidazole rings is 1. The first kappa shape index (κ1) is 14.9. The van der Waals surface area contributed by atoms with Crippen molar-refractivity contribution in [1.29, 1.82) is 0 Å². The summed E-state index contributed by atoms with van der Waals surface area (Å²) in [5.41, 5.74) is 4.24. The van der Waals surface area contributed by atoms with Gasteiger partial charge in [0.25, 0.3) is 0 Å². The smallest absolute Gasteiger partial charge is 0.115 e. The maximum atomic E-state index is 6.23. The van der Waals surface area contributed by atoms with Gasteiger partial charge in [0.2, 0.25) is 0 Å². The molecule has 0 aliphatic heterocycles. The van der Waals surface area contributed by atoms with E-state index < -0.39 is 0 Å². The molecule has 5 heteroatoms. The molecule has 0 radical (unpaired) electrons. The van der Waals surface area contributed by atoms with Crippen LogP contribution in [0, 0.1) is 6.92 Å². The van der Waals surface area contributed by atoms with Crippen molar-refractivity contribution in [3.05, 3.63) is 57.3 Å². The number of halogens is 3. The van der Waals surface area contributed by atoms with Gasteiger partial charge in [0.05, 0.1) is 16.1 Å². The number of fused-ring (bicyclic) bond motifs is 1. The molecular weight excluding hydrogens is 371 g/mol. The fourth-order valence-electron chi connectivity index (χ4n) is 2.40. The van der Waals surface area contributed by atoms with Gasteiger partial charge in [-0.05, 0) is 58.7 Å². The molecule has 21 heavy (non-hydrogen) atoms. The molecule has 108 valence electrons. The van der Waals surface area contributed by atoms with E-state index in [2.05, 4.69) is 45.6 Å². The van der Waals surface area contributed by atoms with E-state index in [-0.39, 0.29) is 0 Å². The summed E-state index contributed by atoms with van der Waals surface area (Å²) in [5.74, 6) is 1.48. The summed E-state index contributed by atoms with van der Waals surface area (Å²) < 4.78 is 3.00. The fraction of sp³-hybridized carbons (Fsp3) is 0.188. The highest BCUT2D eigenvalue weighted by Crippen LogP contribution is 2.28. The van der Waals surface area contributed by atoms with Crippen molar-refractivity contribution in [2.75, 3.05) is 5.88 Å². The van der Waals surface area contributed by atoms with Gasteiger partial charge in [-0.15, -0.1) is 11.6 Å². The van der Waals surface area contributed by atoms with Gasteiger partial charge in [-0.3, -0.25) is 4.57 Å². The summed E-state index contributed by atoms with van der Waals surface area (Å²) in [6.45, 7) is 2.07. The van der Waals surface area contributed by atoms with E-state index in [0.717, 1.165) is 27.0 Å². The molecule has 1 heterocycles. The number of hydrogen-bond acceptors (Lipinski definition) is 1.